The molecule has 2 atom stereocenters. The third-order valence-corrected chi connectivity index (χ3v) is 4.91. The highest BCUT2D eigenvalue weighted by Crippen LogP contribution is 2.52. The third kappa shape index (κ3) is 1.67. The Labute approximate surface area is 104 Å². The third-order valence-electron chi connectivity index (χ3n) is 4.91. The van der Waals surface area contributed by atoms with Crippen LogP contribution in [0, 0.1) is 11.3 Å². The molecule has 0 bridgehead atoms. The highest BCUT2D eigenvalue weighted by Gasteiger charge is 2.50. The molecule has 1 heteroatoms. The van der Waals surface area contributed by atoms with E-state index in [1.165, 1.54) is 31.2 Å². The van der Waals surface area contributed by atoms with Crippen LogP contribution in [0.25, 0.3) is 0 Å². The van der Waals surface area contributed by atoms with Crippen LogP contribution in [0.2, 0.25) is 0 Å². The van der Waals surface area contributed by atoms with Crippen molar-refractivity contribution in [2.75, 3.05) is 0 Å². The van der Waals surface area contributed by atoms with Gasteiger partial charge >= 0.3 is 0 Å². The normalized spacial score (nSPS) is 34.4. The molecule has 1 aromatic carbocycles. The summed E-state index contributed by atoms with van der Waals surface area (Å²) in [6.45, 7) is 7.13. The Morgan fingerprint density at radius 1 is 1.12 bits per heavy atom. The summed E-state index contributed by atoms with van der Waals surface area (Å²) < 4.78 is 6.36. The van der Waals surface area contributed by atoms with Crippen LogP contribution in [-0.2, 0) is 6.42 Å². The fourth-order valence-corrected chi connectivity index (χ4v) is 3.93. The molecule has 0 amide bonds. The fourth-order valence-electron chi connectivity index (χ4n) is 3.93. The molecular formula is C16H22O. The van der Waals surface area contributed by atoms with Crippen LogP contribution in [0.1, 0.15) is 45.6 Å². The van der Waals surface area contributed by atoms with Gasteiger partial charge < -0.3 is 4.74 Å². The van der Waals surface area contributed by atoms with Gasteiger partial charge in [0.25, 0.3) is 0 Å². The summed E-state index contributed by atoms with van der Waals surface area (Å²) in [5.41, 5.74) is 1.85. The van der Waals surface area contributed by atoms with Gasteiger partial charge in [0.05, 0.1) is 0 Å². The van der Waals surface area contributed by atoms with Gasteiger partial charge in [-0.05, 0) is 49.7 Å². The summed E-state index contributed by atoms with van der Waals surface area (Å²) in [5, 5.41) is 0. The van der Waals surface area contributed by atoms with Crippen molar-refractivity contribution in [3.8, 4) is 5.75 Å². The second-order valence-electron chi connectivity index (χ2n) is 6.62. The molecule has 1 aromatic rings. The van der Waals surface area contributed by atoms with Crippen LogP contribution in [0.15, 0.2) is 24.3 Å². The average molecular weight is 230 g/mol. The summed E-state index contributed by atoms with van der Waals surface area (Å²) in [4.78, 5) is 0. The lowest BCUT2D eigenvalue weighted by molar-refractivity contribution is -0.0815. The van der Waals surface area contributed by atoms with Crippen LogP contribution in [0.5, 0.6) is 5.75 Å². The SMILES string of the molecule is CC1(C)CCC[C@@]2(C)Oc3ccccc3C[C@@H]12. The molecule has 1 saturated carbocycles. The minimum Gasteiger partial charge on any atom is -0.487 e. The maximum absolute atomic E-state index is 6.36. The van der Waals surface area contributed by atoms with Crippen molar-refractivity contribution in [1.29, 1.82) is 0 Å². The van der Waals surface area contributed by atoms with E-state index in [4.69, 9.17) is 4.74 Å². The number of rotatable bonds is 0. The summed E-state index contributed by atoms with van der Waals surface area (Å²) in [5.74, 6) is 1.77. The molecule has 0 N–H and O–H groups in total. The molecule has 0 spiro atoms. The number of benzene rings is 1. The Morgan fingerprint density at radius 2 is 1.88 bits per heavy atom. The zero-order valence-corrected chi connectivity index (χ0v) is 11.1. The van der Waals surface area contributed by atoms with Gasteiger partial charge in [0.15, 0.2) is 0 Å². The Morgan fingerprint density at radius 3 is 2.71 bits per heavy atom. The lowest BCUT2D eigenvalue weighted by Crippen LogP contribution is -2.53. The molecule has 92 valence electrons. The van der Waals surface area contributed by atoms with E-state index in [1.807, 2.05) is 0 Å². The van der Waals surface area contributed by atoms with Gasteiger partial charge in [0.2, 0.25) is 0 Å². The van der Waals surface area contributed by atoms with E-state index in [0.29, 0.717) is 11.3 Å². The number of hydrogen-bond donors (Lipinski definition) is 0. The number of hydrogen-bond acceptors (Lipinski definition) is 1. The van der Waals surface area contributed by atoms with Crippen molar-refractivity contribution >= 4 is 0 Å². The molecule has 0 radical (unpaired) electrons. The molecule has 1 nitrogen and oxygen atoms in total. The van der Waals surface area contributed by atoms with Crippen molar-refractivity contribution in [3.63, 3.8) is 0 Å². The van der Waals surface area contributed by atoms with E-state index in [9.17, 15) is 0 Å². The van der Waals surface area contributed by atoms with Crippen molar-refractivity contribution in [2.24, 2.45) is 11.3 Å². The summed E-state index contributed by atoms with van der Waals surface area (Å²) in [6.07, 6.45) is 5.01. The van der Waals surface area contributed by atoms with Crippen molar-refractivity contribution in [1.82, 2.24) is 0 Å². The molecule has 1 aliphatic carbocycles. The molecule has 0 aromatic heterocycles. The van der Waals surface area contributed by atoms with E-state index >= 15 is 0 Å². The van der Waals surface area contributed by atoms with Crippen LogP contribution in [0.3, 0.4) is 0 Å². The maximum Gasteiger partial charge on any atom is 0.123 e. The monoisotopic (exact) mass is 230 g/mol. The smallest absolute Gasteiger partial charge is 0.123 e. The topological polar surface area (TPSA) is 9.23 Å². The Bertz CT molecular complexity index is 435. The van der Waals surface area contributed by atoms with Crippen molar-refractivity contribution < 1.29 is 4.74 Å². The second kappa shape index (κ2) is 3.51. The highest BCUT2D eigenvalue weighted by molar-refractivity contribution is 5.37. The fraction of sp³-hybridized carbons (Fsp3) is 0.625. The Balaban J connectivity index is 2.03. The summed E-state index contributed by atoms with van der Waals surface area (Å²) in [6, 6.07) is 8.55. The first-order valence-corrected chi connectivity index (χ1v) is 6.78. The lowest BCUT2D eigenvalue weighted by Gasteiger charge is -2.53. The minimum atomic E-state index is 0.0517. The molecule has 17 heavy (non-hydrogen) atoms. The van der Waals surface area contributed by atoms with Gasteiger partial charge in [0.1, 0.15) is 11.4 Å². The van der Waals surface area contributed by atoms with Crippen LogP contribution in [0.4, 0.5) is 0 Å². The second-order valence-corrected chi connectivity index (χ2v) is 6.62. The molecule has 1 heterocycles. The van der Waals surface area contributed by atoms with Gasteiger partial charge in [-0.1, -0.05) is 32.0 Å². The minimum absolute atomic E-state index is 0.0517. The van der Waals surface area contributed by atoms with E-state index in [1.54, 1.807) is 0 Å². The predicted molar refractivity (Wildman–Crippen MR) is 70.3 cm³/mol. The van der Waals surface area contributed by atoms with E-state index in [0.717, 1.165) is 5.75 Å². The molecule has 0 saturated heterocycles. The van der Waals surface area contributed by atoms with Crippen LogP contribution < -0.4 is 4.74 Å². The van der Waals surface area contributed by atoms with E-state index in [2.05, 4.69) is 45.0 Å². The zero-order chi connectivity index (χ0) is 12.1. The molecule has 0 unspecified atom stereocenters. The number of para-hydroxylation sites is 1. The quantitative estimate of drug-likeness (QED) is 0.649. The molecule has 1 fully saturated rings. The molecule has 1 aliphatic heterocycles. The van der Waals surface area contributed by atoms with Crippen molar-refractivity contribution in [2.45, 2.75) is 52.1 Å². The molecule has 3 rings (SSSR count). The Kier molecular flexibility index (Phi) is 2.30. The standard InChI is InChI=1S/C16H22O/c1-15(2)9-6-10-16(3)14(15)11-12-7-4-5-8-13(12)17-16/h4-5,7-8,14H,6,9-11H2,1-3H3/t14-,16+/m0/s1. The van der Waals surface area contributed by atoms with Crippen LogP contribution in [-0.4, -0.2) is 5.60 Å². The van der Waals surface area contributed by atoms with E-state index in [-0.39, 0.29) is 5.60 Å². The number of ether oxygens (including phenoxy) is 1. The Hall–Kier alpha value is -0.980. The predicted octanol–water partition coefficient (Wildman–Crippen LogP) is 4.21. The first kappa shape index (κ1) is 11.1. The first-order valence-electron chi connectivity index (χ1n) is 6.78. The first-order chi connectivity index (χ1) is 8.01. The zero-order valence-electron chi connectivity index (χ0n) is 11.1. The van der Waals surface area contributed by atoms with Gasteiger partial charge in [-0.25, -0.2) is 0 Å². The summed E-state index contributed by atoms with van der Waals surface area (Å²) in [7, 11) is 0. The van der Waals surface area contributed by atoms with Gasteiger partial charge in [0, 0.05) is 5.92 Å². The van der Waals surface area contributed by atoms with Crippen molar-refractivity contribution in [3.05, 3.63) is 29.8 Å². The van der Waals surface area contributed by atoms with Crippen LogP contribution >= 0.6 is 0 Å². The molecular weight excluding hydrogens is 208 g/mol. The summed E-state index contributed by atoms with van der Waals surface area (Å²) >= 11 is 0. The van der Waals surface area contributed by atoms with Gasteiger partial charge in [-0.15, -0.1) is 0 Å². The average Bonchev–Trinajstić information content (AvgIpc) is 2.26. The van der Waals surface area contributed by atoms with E-state index < -0.39 is 0 Å². The van der Waals surface area contributed by atoms with Gasteiger partial charge in [-0.2, -0.15) is 0 Å². The lowest BCUT2D eigenvalue weighted by atomic mass is 9.59. The largest absolute Gasteiger partial charge is 0.487 e. The highest BCUT2D eigenvalue weighted by atomic mass is 16.5. The maximum atomic E-state index is 6.36. The number of fused-ring (bicyclic) bond motifs is 2. The van der Waals surface area contributed by atoms with Gasteiger partial charge in [-0.3, -0.25) is 0 Å². The molecule has 2 aliphatic rings.